The predicted octanol–water partition coefficient (Wildman–Crippen LogP) is 11.2. The number of hydrogen-bond donors (Lipinski definition) is 0. The van der Waals surface area contributed by atoms with Gasteiger partial charge in [0.1, 0.15) is 0 Å². The first-order valence-corrected chi connectivity index (χ1v) is 23.7. The summed E-state index contributed by atoms with van der Waals surface area (Å²) in [6.45, 7) is 27.9. The molecule has 2 aromatic rings. The molecule has 4 heteroatoms. The fourth-order valence-corrected chi connectivity index (χ4v) is 6.44. The molecule has 0 fully saturated rings. The number of fused-ring (bicyclic) bond motifs is 2. The maximum atomic E-state index is 4.93. The molecule has 2 aliphatic carbocycles. The average Bonchev–Trinajstić information content (AvgIpc) is 3.39. The summed E-state index contributed by atoms with van der Waals surface area (Å²) in [6, 6.07) is 9.69. The van der Waals surface area contributed by atoms with E-state index in [4.69, 9.17) is 17.0 Å². The van der Waals surface area contributed by atoms with Gasteiger partial charge in [0.15, 0.2) is 0 Å². The second-order valence-corrected chi connectivity index (χ2v) is 18.2. The van der Waals surface area contributed by atoms with E-state index in [-0.39, 0.29) is 0 Å². The standard InChI is InChI=1S/2C16H25.C2H7Si.2ClH.Zr/c2*1-10(2)13-8-14-6-12(5)7-16(14)15(9-13)11(3)4;1-3-2;;;/h2*6-7,10-11,13,15H,8-9H2,1-5H3;3H,1-2H3;2*1H;/q2*-1;;;;+4/p-2. The van der Waals surface area contributed by atoms with Gasteiger partial charge in [-0.3, -0.25) is 0 Å². The van der Waals surface area contributed by atoms with Gasteiger partial charge in [-0.2, -0.15) is 45.5 Å². The van der Waals surface area contributed by atoms with Crippen molar-refractivity contribution < 1.29 is 20.8 Å². The van der Waals surface area contributed by atoms with E-state index in [1.54, 1.807) is 22.3 Å². The first-order chi connectivity index (χ1) is 17.8. The summed E-state index contributed by atoms with van der Waals surface area (Å²) in [5, 5.41) is 0. The Morgan fingerprint density at radius 1 is 0.684 bits per heavy atom. The topological polar surface area (TPSA) is 0 Å². The molecule has 0 saturated heterocycles. The molecule has 2 aliphatic rings. The van der Waals surface area contributed by atoms with Crippen molar-refractivity contribution in [2.24, 2.45) is 35.5 Å². The fraction of sp³-hybridized carbons (Fsp3) is 0.706. The molecule has 4 rings (SSSR count). The Morgan fingerprint density at radius 2 is 0.974 bits per heavy atom. The van der Waals surface area contributed by atoms with Crippen LogP contribution in [0.2, 0.25) is 13.1 Å². The number of aryl methyl sites for hydroxylation is 2. The van der Waals surface area contributed by atoms with Crippen LogP contribution in [0.5, 0.6) is 0 Å². The quantitative estimate of drug-likeness (QED) is 0.227. The van der Waals surface area contributed by atoms with Gasteiger partial charge in [-0.25, -0.2) is 12.1 Å². The van der Waals surface area contributed by atoms with Gasteiger partial charge < -0.3 is 0 Å². The van der Waals surface area contributed by atoms with E-state index in [1.165, 1.54) is 36.8 Å². The van der Waals surface area contributed by atoms with Crippen LogP contribution >= 0.6 is 17.0 Å². The summed E-state index contributed by atoms with van der Waals surface area (Å²) in [4.78, 5) is 0. The average molecular weight is 656 g/mol. The third-order valence-electron chi connectivity index (χ3n) is 8.68. The molecule has 0 aliphatic heterocycles. The molecule has 0 aromatic heterocycles. The predicted molar refractivity (Wildman–Crippen MR) is 173 cm³/mol. The Morgan fingerprint density at radius 3 is 1.21 bits per heavy atom. The van der Waals surface area contributed by atoms with E-state index in [1.807, 2.05) is 0 Å². The van der Waals surface area contributed by atoms with Crippen LogP contribution in [0.4, 0.5) is 0 Å². The van der Waals surface area contributed by atoms with Gasteiger partial charge in [0, 0.05) is 9.52 Å². The van der Waals surface area contributed by atoms with Gasteiger partial charge >= 0.3 is 37.9 Å². The fourth-order valence-electron chi connectivity index (χ4n) is 6.44. The molecular weight excluding hydrogens is 599 g/mol. The van der Waals surface area contributed by atoms with Crippen LogP contribution in [-0.4, -0.2) is 9.52 Å². The molecule has 215 valence electrons. The maximum absolute atomic E-state index is 4.93. The molecule has 1 radical (unpaired) electrons. The second-order valence-electron chi connectivity index (χ2n) is 13.3. The number of halogens is 2. The molecule has 0 saturated carbocycles. The van der Waals surface area contributed by atoms with Crippen LogP contribution in [0.1, 0.15) is 113 Å². The molecule has 0 spiro atoms. The Hall–Kier alpha value is 0.380. The van der Waals surface area contributed by atoms with Crippen molar-refractivity contribution in [3.8, 4) is 0 Å². The molecule has 0 bridgehead atoms. The van der Waals surface area contributed by atoms with Gasteiger partial charge in [-0.15, -0.1) is 0 Å². The van der Waals surface area contributed by atoms with E-state index in [0.717, 1.165) is 56.9 Å². The molecule has 4 atom stereocenters. The van der Waals surface area contributed by atoms with Crippen molar-refractivity contribution >= 4 is 26.5 Å². The SMILES string of the molecule is C[SiH]C.Cc1cc2c([cH-]1)CC(C(C)C)CC2C(C)C.Cc1cc2c([cH-]1)CC(C(C)C)CC2C(C)C.[Cl][Zr+2][Cl]. The first-order valence-electron chi connectivity index (χ1n) is 15.0. The molecular formula is C34H57Cl2SiZr. The summed E-state index contributed by atoms with van der Waals surface area (Å²) < 4.78 is 0. The zero-order valence-corrected chi connectivity index (χ0v) is 31.7. The molecule has 0 nitrogen and oxygen atoms in total. The van der Waals surface area contributed by atoms with Crippen LogP contribution in [0.3, 0.4) is 0 Å². The summed E-state index contributed by atoms with van der Waals surface area (Å²) in [7, 11) is 10.6. The van der Waals surface area contributed by atoms with Crippen molar-refractivity contribution in [3.63, 3.8) is 0 Å². The van der Waals surface area contributed by atoms with Crippen LogP contribution in [-0.2, 0) is 33.7 Å². The number of rotatable bonds is 4. The molecule has 0 amide bonds. The third-order valence-corrected chi connectivity index (χ3v) is 8.68. The second kappa shape index (κ2) is 18.0. The Balaban J connectivity index is 0.000000315. The zero-order chi connectivity index (χ0) is 29.2. The van der Waals surface area contributed by atoms with E-state index >= 15 is 0 Å². The molecule has 4 unspecified atom stereocenters. The monoisotopic (exact) mass is 653 g/mol. The minimum absolute atomic E-state index is 0.750. The van der Waals surface area contributed by atoms with Crippen LogP contribution < -0.4 is 0 Å². The first kappa shape index (κ1) is 36.4. The molecule has 2 aromatic carbocycles. The van der Waals surface area contributed by atoms with Crippen molar-refractivity contribution in [3.05, 3.63) is 57.6 Å². The van der Waals surface area contributed by atoms with Crippen LogP contribution in [0.25, 0.3) is 0 Å². The van der Waals surface area contributed by atoms with Crippen molar-refractivity contribution in [2.75, 3.05) is 0 Å². The van der Waals surface area contributed by atoms with Gasteiger partial charge in [-0.05, 0) is 36.5 Å². The Bertz CT molecular complexity index is 833. The van der Waals surface area contributed by atoms with Gasteiger partial charge in [-0.1, -0.05) is 119 Å². The molecule has 0 N–H and O–H groups in total. The van der Waals surface area contributed by atoms with E-state index < -0.39 is 20.8 Å². The summed E-state index contributed by atoms with van der Waals surface area (Å²) in [5.74, 6) is 6.58. The van der Waals surface area contributed by atoms with E-state index in [2.05, 4.69) is 107 Å². The normalized spacial score (nSPS) is 21.9. The van der Waals surface area contributed by atoms with E-state index in [0.29, 0.717) is 0 Å². The van der Waals surface area contributed by atoms with Crippen LogP contribution in [0.15, 0.2) is 24.3 Å². The van der Waals surface area contributed by atoms with Crippen LogP contribution in [0, 0.1) is 49.4 Å². The minimum atomic E-state index is -0.826. The van der Waals surface area contributed by atoms with Gasteiger partial charge in [0.25, 0.3) is 0 Å². The van der Waals surface area contributed by atoms with Crippen molar-refractivity contribution in [1.29, 1.82) is 0 Å². The van der Waals surface area contributed by atoms with E-state index in [9.17, 15) is 0 Å². The zero-order valence-electron chi connectivity index (χ0n) is 26.6. The Kier molecular flexibility index (Phi) is 17.3. The summed E-state index contributed by atoms with van der Waals surface area (Å²) >= 11 is -0.826. The number of hydrogen-bond acceptors (Lipinski definition) is 0. The third kappa shape index (κ3) is 11.0. The van der Waals surface area contributed by atoms with Gasteiger partial charge in [0.2, 0.25) is 0 Å². The Labute approximate surface area is 258 Å². The molecule has 38 heavy (non-hydrogen) atoms. The molecule has 0 heterocycles. The summed E-state index contributed by atoms with van der Waals surface area (Å²) in [6.07, 6.45) is 5.41. The van der Waals surface area contributed by atoms with Crippen molar-refractivity contribution in [2.45, 2.75) is 120 Å². The van der Waals surface area contributed by atoms with Crippen molar-refractivity contribution in [1.82, 2.24) is 0 Å². The summed E-state index contributed by atoms with van der Waals surface area (Å²) in [5.41, 5.74) is 9.51. The van der Waals surface area contributed by atoms with Gasteiger partial charge in [0.05, 0.1) is 0 Å².